The van der Waals surface area contributed by atoms with Crippen LogP contribution in [0.25, 0.3) is 0 Å². The second-order valence-corrected chi connectivity index (χ2v) is 7.51. The second-order valence-electron chi connectivity index (χ2n) is 7.51. The van der Waals surface area contributed by atoms with Crippen LogP contribution in [0.15, 0.2) is 12.1 Å². The molecule has 0 N–H and O–H groups in total. The van der Waals surface area contributed by atoms with Crippen LogP contribution in [-0.4, -0.2) is 13.0 Å². The summed E-state index contributed by atoms with van der Waals surface area (Å²) in [6.07, 6.45) is 5.47. The fraction of sp³-hybridized carbons (Fsp3) is 0.700. The summed E-state index contributed by atoms with van der Waals surface area (Å²) in [7, 11) is 0. The molecule has 0 aliphatic heterocycles. The average Bonchev–Trinajstić information content (AvgIpc) is 3.00. The molecule has 2 aliphatic carbocycles. The highest BCUT2D eigenvalue weighted by Crippen LogP contribution is 2.40. The van der Waals surface area contributed by atoms with Crippen molar-refractivity contribution in [3.8, 4) is 11.5 Å². The van der Waals surface area contributed by atoms with E-state index in [1.165, 1.54) is 32.1 Å². The van der Waals surface area contributed by atoms with Crippen LogP contribution in [0.3, 0.4) is 0 Å². The van der Waals surface area contributed by atoms with Crippen LogP contribution in [0.2, 0.25) is 0 Å². The van der Waals surface area contributed by atoms with Gasteiger partial charge in [0.05, 0.1) is 6.61 Å². The number of hydrogen-bond donors (Lipinski definition) is 0. The zero-order chi connectivity index (χ0) is 17.9. The highest BCUT2D eigenvalue weighted by atomic mass is 19.4. The fourth-order valence-corrected chi connectivity index (χ4v) is 3.93. The summed E-state index contributed by atoms with van der Waals surface area (Å²) in [6, 6.07) is 3.55. The zero-order valence-electron chi connectivity index (χ0n) is 14.8. The Morgan fingerprint density at radius 3 is 2.28 bits per heavy atom. The molecular formula is C20H27F3O2. The Morgan fingerprint density at radius 2 is 1.68 bits per heavy atom. The van der Waals surface area contributed by atoms with Gasteiger partial charge in [0.15, 0.2) is 11.5 Å². The first kappa shape index (κ1) is 18.4. The first-order valence-electron chi connectivity index (χ1n) is 9.43. The molecule has 2 saturated carbocycles. The maximum Gasteiger partial charge on any atom is 0.573 e. The number of ether oxygens (including phenoxy) is 2. The third-order valence-corrected chi connectivity index (χ3v) is 5.69. The van der Waals surface area contributed by atoms with Gasteiger partial charge in [0.2, 0.25) is 0 Å². The lowest BCUT2D eigenvalue weighted by atomic mass is 9.80. The Hall–Kier alpha value is -1.39. The Bertz CT molecular complexity index is 573. The molecule has 1 aromatic carbocycles. The molecule has 2 aliphatic rings. The van der Waals surface area contributed by atoms with Gasteiger partial charge in [-0.15, -0.1) is 13.2 Å². The molecule has 140 valence electrons. The van der Waals surface area contributed by atoms with Crippen molar-refractivity contribution < 1.29 is 22.6 Å². The lowest BCUT2D eigenvalue weighted by Gasteiger charge is -2.27. The Balaban J connectivity index is 1.71. The van der Waals surface area contributed by atoms with E-state index in [9.17, 15) is 13.2 Å². The van der Waals surface area contributed by atoms with Crippen molar-refractivity contribution in [2.24, 2.45) is 11.8 Å². The summed E-state index contributed by atoms with van der Waals surface area (Å²) in [5.41, 5.74) is 1.50. The SMILES string of the molecule is Cc1c(CC2CCC2)ccc(OCCC2CCCC2)c1OC(F)(F)F. The van der Waals surface area contributed by atoms with Crippen molar-refractivity contribution in [3.63, 3.8) is 0 Å². The van der Waals surface area contributed by atoms with Crippen LogP contribution in [0.1, 0.15) is 62.5 Å². The lowest BCUT2D eigenvalue weighted by Crippen LogP contribution is -2.20. The minimum atomic E-state index is -4.70. The van der Waals surface area contributed by atoms with Gasteiger partial charge < -0.3 is 9.47 Å². The number of rotatable bonds is 7. The monoisotopic (exact) mass is 356 g/mol. The second kappa shape index (κ2) is 7.88. The zero-order valence-corrected chi connectivity index (χ0v) is 14.8. The van der Waals surface area contributed by atoms with Gasteiger partial charge in [-0.3, -0.25) is 0 Å². The van der Waals surface area contributed by atoms with Crippen LogP contribution in [0.5, 0.6) is 11.5 Å². The average molecular weight is 356 g/mol. The molecule has 0 radical (unpaired) electrons. The van der Waals surface area contributed by atoms with E-state index in [-0.39, 0.29) is 11.5 Å². The van der Waals surface area contributed by atoms with Crippen molar-refractivity contribution in [1.82, 2.24) is 0 Å². The molecule has 0 atom stereocenters. The van der Waals surface area contributed by atoms with E-state index < -0.39 is 6.36 Å². The molecule has 0 bridgehead atoms. The van der Waals surface area contributed by atoms with E-state index >= 15 is 0 Å². The summed E-state index contributed by atoms with van der Waals surface area (Å²) < 4.78 is 48.6. The van der Waals surface area contributed by atoms with Crippen LogP contribution in [0.4, 0.5) is 13.2 Å². The summed E-state index contributed by atoms with van der Waals surface area (Å²) >= 11 is 0. The van der Waals surface area contributed by atoms with E-state index in [1.807, 2.05) is 6.07 Å². The highest BCUT2D eigenvalue weighted by molar-refractivity contribution is 5.50. The van der Waals surface area contributed by atoms with Crippen molar-refractivity contribution >= 4 is 0 Å². The largest absolute Gasteiger partial charge is 0.573 e. The van der Waals surface area contributed by atoms with E-state index in [0.29, 0.717) is 24.0 Å². The number of hydrogen-bond acceptors (Lipinski definition) is 2. The Labute approximate surface area is 147 Å². The molecule has 25 heavy (non-hydrogen) atoms. The van der Waals surface area contributed by atoms with Crippen LogP contribution in [0, 0.1) is 18.8 Å². The molecule has 1 aromatic rings. The topological polar surface area (TPSA) is 18.5 Å². The van der Waals surface area contributed by atoms with Gasteiger partial charge in [0.1, 0.15) is 0 Å². The molecule has 2 nitrogen and oxygen atoms in total. The van der Waals surface area contributed by atoms with Crippen molar-refractivity contribution in [1.29, 1.82) is 0 Å². The van der Waals surface area contributed by atoms with E-state index in [0.717, 1.165) is 31.2 Å². The van der Waals surface area contributed by atoms with Gasteiger partial charge in [-0.1, -0.05) is 51.0 Å². The van der Waals surface area contributed by atoms with Gasteiger partial charge in [-0.2, -0.15) is 0 Å². The van der Waals surface area contributed by atoms with E-state index in [1.54, 1.807) is 13.0 Å². The van der Waals surface area contributed by atoms with Gasteiger partial charge >= 0.3 is 6.36 Å². The van der Waals surface area contributed by atoms with Crippen molar-refractivity contribution in [2.75, 3.05) is 6.61 Å². The predicted octanol–water partition coefficient (Wildman–Crippen LogP) is 6.20. The third kappa shape index (κ3) is 5.05. The van der Waals surface area contributed by atoms with Crippen LogP contribution >= 0.6 is 0 Å². The maximum absolute atomic E-state index is 12.9. The molecule has 2 fully saturated rings. The van der Waals surface area contributed by atoms with Gasteiger partial charge in [-0.25, -0.2) is 0 Å². The quantitative estimate of drug-likeness (QED) is 0.579. The Kier molecular flexibility index (Phi) is 5.80. The molecular weight excluding hydrogens is 329 g/mol. The maximum atomic E-state index is 12.9. The molecule has 5 heteroatoms. The standard InChI is InChI=1S/C20H27F3O2/c1-14-17(13-16-7-4-8-16)9-10-18(19(14)25-20(21,22)23)24-12-11-15-5-2-3-6-15/h9-10,15-16H,2-8,11-13H2,1H3. The molecule has 0 unspecified atom stereocenters. The molecule has 0 heterocycles. The summed E-state index contributed by atoms with van der Waals surface area (Å²) in [6.45, 7) is 2.15. The molecule has 0 spiro atoms. The van der Waals surface area contributed by atoms with Crippen LogP contribution in [-0.2, 0) is 6.42 Å². The summed E-state index contributed by atoms with van der Waals surface area (Å²) in [5.74, 6) is 1.29. The first-order chi connectivity index (χ1) is 11.9. The first-order valence-corrected chi connectivity index (χ1v) is 9.43. The molecule has 0 aromatic heterocycles. The summed E-state index contributed by atoms with van der Waals surface area (Å²) in [4.78, 5) is 0. The number of benzene rings is 1. The smallest absolute Gasteiger partial charge is 0.490 e. The van der Waals surface area contributed by atoms with E-state index in [2.05, 4.69) is 4.74 Å². The predicted molar refractivity (Wildman–Crippen MR) is 91.0 cm³/mol. The van der Waals surface area contributed by atoms with Gasteiger partial charge in [-0.05, 0) is 48.8 Å². The number of halogens is 3. The normalized spacial score (nSPS) is 19.0. The molecule has 0 saturated heterocycles. The minimum absolute atomic E-state index is 0.157. The number of alkyl halides is 3. The minimum Gasteiger partial charge on any atom is -0.490 e. The van der Waals surface area contributed by atoms with Crippen LogP contribution < -0.4 is 9.47 Å². The fourth-order valence-electron chi connectivity index (χ4n) is 3.93. The van der Waals surface area contributed by atoms with E-state index in [4.69, 9.17) is 4.74 Å². The lowest BCUT2D eigenvalue weighted by molar-refractivity contribution is -0.275. The molecule has 3 rings (SSSR count). The highest BCUT2D eigenvalue weighted by Gasteiger charge is 2.34. The van der Waals surface area contributed by atoms with Gasteiger partial charge in [0, 0.05) is 0 Å². The summed E-state index contributed by atoms with van der Waals surface area (Å²) in [5, 5.41) is 0. The van der Waals surface area contributed by atoms with Gasteiger partial charge in [0.25, 0.3) is 0 Å². The Morgan fingerprint density at radius 1 is 1.00 bits per heavy atom. The molecule has 0 amide bonds. The van der Waals surface area contributed by atoms with Crippen molar-refractivity contribution in [3.05, 3.63) is 23.3 Å². The third-order valence-electron chi connectivity index (χ3n) is 5.69. The van der Waals surface area contributed by atoms with Crippen molar-refractivity contribution in [2.45, 2.75) is 71.1 Å².